The fraction of sp³-hybridized carbons (Fsp3) is 0.636. The van der Waals surface area contributed by atoms with Crippen LogP contribution in [-0.4, -0.2) is 7.85 Å². The predicted molar refractivity (Wildman–Crippen MR) is 59.8 cm³/mol. The Morgan fingerprint density at radius 1 is 1.38 bits per heavy atom. The van der Waals surface area contributed by atoms with Crippen LogP contribution in [0.2, 0.25) is 0 Å². The average molecular weight is 190 g/mol. The molecule has 1 aliphatic carbocycles. The van der Waals surface area contributed by atoms with Crippen molar-refractivity contribution in [3.05, 3.63) is 20.9 Å². The summed E-state index contributed by atoms with van der Waals surface area (Å²) in [6, 6.07) is 0. The van der Waals surface area contributed by atoms with E-state index in [1.807, 2.05) is 11.3 Å². The van der Waals surface area contributed by atoms with Crippen LogP contribution < -0.4 is 0 Å². The molecule has 1 aromatic rings. The SMILES string of the molecule is [B]C1(C)CCCc2c1sc(C)c2C. The van der Waals surface area contributed by atoms with Gasteiger partial charge in [-0.05, 0) is 43.1 Å². The fourth-order valence-corrected chi connectivity index (χ4v) is 3.48. The third-order valence-electron chi connectivity index (χ3n) is 3.15. The number of fused-ring (bicyclic) bond motifs is 1. The molecule has 0 spiro atoms. The minimum absolute atomic E-state index is 0.0583. The monoisotopic (exact) mass is 190 g/mol. The third-order valence-corrected chi connectivity index (χ3v) is 4.68. The lowest BCUT2D eigenvalue weighted by atomic mass is 9.62. The maximum absolute atomic E-state index is 6.28. The van der Waals surface area contributed by atoms with E-state index in [1.54, 1.807) is 5.56 Å². The van der Waals surface area contributed by atoms with E-state index in [9.17, 15) is 0 Å². The Balaban J connectivity index is 2.59. The standard InChI is InChI=1S/C11H15BS/c1-7-8(2)13-10-9(7)5-4-6-11(10,3)12/h4-6H2,1-3H3. The second-order valence-electron chi connectivity index (χ2n) is 4.36. The third kappa shape index (κ3) is 1.36. The highest BCUT2D eigenvalue weighted by atomic mass is 32.1. The van der Waals surface area contributed by atoms with Gasteiger partial charge in [-0.2, -0.15) is 0 Å². The van der Waals surface area contributed by atoms with E-state index in [2.05, 4.69) is 20.8 Å². The number of aryl methyl sites for hydroxylation is 1. The van der Waals surface area contributed by atoms with Crippen molar-refractivity contribution in [3.63, 3.8) is 0 Å². The van der Waals surface area contributed by atoms with E-state index in [4.69, 9.17) is 7.85 Å². The highest BCUT2D eigenvalue weighted by molar-refractivity contribution is 7.12. The lowest BCUT2D eigenvalue weighted by Crippen LogP contribution is -2.25. The molecule has 0 amide bonds. The van der Waals surface area contributed by atoms with Gasteiger partial charge in [0.1, 0.15) is 0 Å². The van der Waals surface area contributed by atoms with Gasteiger partial charge in [0, 0.05) is 9.75 Å². The molecule has 0 saturated carbocycles. The summed E-state index contributed by atoms with van der Waals surface area (Å²) >= 11 is 1.90. The van der Waals surface area contributed by atoms with Gasteiger partial charge >= 0.3 is 0 Å². The van der Waals surface area contributed by atoms with Crippen LogP contribution in [0.15, 0.2) is 0 Å². The first kappa shape index (κ1) is 9.33. The summed E-state index contributed by atoms with van der Waals surface area (Å²) in [5.41, 5.74) is 3.02. The van der Waals surface area contributed by atoms with Gasteiger partial charge in [-0.15, -0.1) is 11.3 Å². The highest BCUT2D eigenvalue weighted by Crippen LogP contribution is 2.42. The molecule has 0 nitrogen and oxygen atoms in total. The van der Waals surface area contributed by atoms with Crippen LogP contribution in [0.4, 0.5) is 0 Å². The van der Waals surface area contributed by atoms with Gasteiger partial charge in [-0.3, -0.25) is 0 Å². The Labute approximate surface area is 85.8 Å². The molecule has 0 aromatic carbocycles. The van der Waals surface area contributed by atoms with E-state index < -0.39 is 0 Å². The Hall–Kier alpha value is -0.235. The molecule has 0 bridgehead atoms. The summed E-state index contributed by atoms with van der Waals surface area (Å²) in [7, 11) is 6.28. The molecule has 1 unspecified atom stereocenters. The van der Waals surface area contributed by atoms with Crippen molar-refractivity contribution >= 4 is 19.2 Å². The summed E-state index contributed by atoms with van der Waals surface area (Å²) in [6.45, 7) is 6.60. The van der Waals surface area contributed by atoms with Crippen molar-refractivity contribution in [2.45, 2.75) is 45.3 Å². The molecule has 0 N–H and O–H groups in total. The Morgan fingerprint density at radius 3 is 2.69 bits per heavy atom. The molecule has 1 heterocycles. The summed E-state index contributed by atoms with van der Waals surface area (Å²) in [6.07, 6.45) is 3.62. The molecule has 1 atom stereocenters. The molecule has 2 radical (unpaired) electrons. The predicted octanol–water partition coefficient (Wildman–Crippen LogP) is 3.08. The summed E-state index contributed by atoms with van der Waals surface area (Å²) in [5.74, 6) is 0. The smallest absolute Gasteiger partial charge is 0.0818 e. The first-order chi connectivity index (χ1) is 6.02. The summed E-state index contributed by atoms with van der Waals surface area (Å²) in [4.78, 5) is 2.89. The first-order valence-corrected chi connectivity index (χ1v) is 5.72. The van der Waals surface area contributed by atoms with E-state index in [0.29, 0.717) is 0 Å². The molecule has 2 rings (SSSR count). The Kier molecular flexibility index (Phi) is 2.06. The summed E-state index contributed by atoms with van der Waals surface area (Å²) < 4.78 is 0. The van der Waals surface area contributed by atoms with Gasteiger partial charge in [-0.1, -0.05) is 13.3 Å². The first-order valence-electron chi connectivity index (χ1n) is 4.90. The lowest BCUT2D eigenvalue weighted by Gasteiger charge is -2.30. The molecule has 0 fully saturated rings. The van der Waals surface area contributed by atoms with Crippen LogP contribution >= 0.6 is 11.3 Å². The Morgan fingerprint density at radius 2 is 2.08 bits per heavy atom. The van der Waals surface area contributed by atoms with Crippen LogP contribution in [0.5, 0.6) is 0 Å². The number of hydrogen-bond acceptors (Lipinski definition) is 1. The van der Waals surface area contributed by atoms with Crippen molar-refractivity contribution in [1.29, 1.82) is 0 Å². The van der Waals surface area contributed by atoms with Crippen molar-refractivity contribution in [1.82, 2.24) is 0 Å². The molecule has 68 valence electrons. The number of hydrogen-bond donors (Lipinski definition) is 0. The second-order valence-corrected chi connectivity index (χ2v) is 5.59. The molecular weight excluding hydrogens is 175 g/mol. The largest absolute Gasteiger partial charge is 0.145 e. The Bertz CT molecular complexity index is 336. The van der Waals surface area contributed by atoms with Crippen LogP contribution in [-0.2, 0) is 11.7 Å². The summed E-state index contributed by atoms with van der Waals surface area (Å²) in [5, 5.41) is -0.0583. The quantitative estimate of drug-likeness (QED) is 0.551. The number of rotatable bonds is 0. The van der Waals surface area contributed by atoms with Crippen molar-refractivity contribution < 1.29 is 0 Å². The lowest BCUT2D eigenvalue weighted by molar-refractivity contribution is 0.544. The number of thiophene rings is 1. The fourth-order valence-electron chi connectivity index (χ4n) is 2.18. The normalized spacial score (nSPS) is 27.3. The molecule has 0 aliphatic heterocycles. The van der Waals surface area contributed by atoms with Gasteiger partial charge in [-0.25, -0.2) is 0 Å². The van der Waals surface area contributed by atoms with Gasteiger partial charge in [0.2, 0.25) is 0 Å². The van der Waals surface area contributed by atoms with E-state index in [-0.39, 0.29) is 5.31 Å². The molecule has 0 saturated heterocycles. The van der Waals surface area contributed by atoms with Gasteiger partial charge in [0.25, 0.3) is 0 Å². The van der Waals surface area contributed by atoms with Crippen molar-refractivity contribution in [2.75, 3.05) is 0 Å². The zero-order chi connectivity index (χ0) is 9.64. The zero-order valence-corrected chi connectivity index (χ0v) is 9.42. The molecule has 2 heteroatoms. The topological polar surface area (TPSA) is 0 Å². The van der Waals surface area contributed by atoms with Gasteiger partial charge < -0.3 is 0 Å². The van der Waals surface area contributed by atoms with E-state index in [0.717, 1.165) is 6.42 Å². The minimum atomic E-state index is -0.0583. The van der Waals surface area contributed by atoms with E-state index >= 15 is 0 Å². The van der Waals surface area contributed by atoms with Crippen LogP contribution in [0.3, 0.4) is 0 Å². The van der Waals surface area contributed by atoms with Crippen LogP contribution in [0.25, 0.3) is 0 Å². The van der Waals surface area contributed by atoms with Crippen molar-refractivity contribution in [3.8, 4) is 0 Å². The molecular formula is C11H15BS. The van der Waals surface area contributed by atoms with E-state index in [1.165, 1.54) is 28.2 Å². The zero-order valence-electron chi connectivity index (χ0n) is 8.61. The maximum atomic E-state index is 6.28. The van der Waals surface area contributed by atoms with Crippen LogP contribution in [0.1, 0.15) is 40.6 Å². The second kappa shape index (κ2) is 2.88. The maximum Gasteiger partial charge on any atom is 0.0818 e. The minimum Gasteiger partial charge on any atom is -0.145 e. The highest BCUT2D eigenvalue weighted by Gasteiger charge is 2.30. The van der Waals surface area contributed by atoms with Gasteiger partial charge in [0.05, 0.1) is 7.85 Å². The average Bonchev–Trinajstić information content (AvgIpc) is 2.32. The molecule has 13 heavy (non-hydrogen) atoms. The van der Waals surface area contributed by atoms with Crippen LogP contribution in [0, 0.1) is 13.8 Å². The van der Waals surface area contributed by atoms with Gasteiger partial charge in [0.15, 0.2) is 0 Å². The molecule has 1 aliphatic rings. The molecule has 1 aromatic heterocycles. The van der Waals surface area contributed by atoms with Crippen molar-refractivity contribution in [2.24, 2.45) is 0 Å².